The van der Waals surface area contributed by atoms with E-state index in [-0.39, 0.29) is 11.6 Å². The SMILES string of the molecule is Cc1noc2nc(-c3ccco3)cc(C(=O)Nc3cccc(-c4nccs4)c3)c12. The van der Waals surface area contributed by atoms with Gasteiger partial charge in [-0.05, 0) is 37.3 Å². The third-order valence-electron chi connectivity index (χ3n) is 4.44. The first kappa shape index (κ1) is 17.3. The maximum atomic E-state index is 13.1. The second-order valence-electron chi connectivity index (χ2n) is 6.35. The molecule has 1 N–H and O–H groups in total. The molecule has 29 heavy (non-hydrogen) atoms. The van der Waals surface area contributed by atoms with Gasteiger partial charge in [-0.15, -0.1) is 11.3 Å². The summed E-state index contributed by atoms with van der Waals surface area (Å²) in [4.78, 5) is 21.9. The van der Waals surface area contributed by atoms with Crippen LogP contribution >= 0.6 is 11.3 Å². The number of anilines is 1. The minimum atomic E-state index is -0.284. The van der Waals surface area contributed by atoms with Crippen molar-refractivity contribution in [3.8, 4) is 22.0 Å². The lowest BCUT2D eigenvalue weighted by atomic mass is 10.1. The van der Waals surface area contributed by atoms with Crippen molar-refractivity contribution in [2.75, 3.05) is 5.32 Å². The number of rotatable bonds is 4. The number of aryl methyl sites for hydroxylation is 1. The van der Waals surface area contributed by atoms with Crippen LogP contribution in [0, 0.1) is 6.92 Å². The molecule has 0 aliphatic rings. The number of furan rings is 1. The Hall–Kier alpha value is -3.78. The molecule has 0 radical (unpaired) electrons. The Bertz CT molecular complexity index is 1310. The predicted octanol–water partition coefficient (Wildman–Crippen LogP) is 5.17. The number of carbonyl (C=O) groups excluding carboxylic acids is 1. The average Bonchev–Trinajstić information content (AvgIpc) is 3.50. The number of amides is 1. The molecule has 4 aromatic heterocycles. The summed E-state index contributed by atoms with van der Waals surface area (Å²) < 4.78 is 10.7. The highest BCUT2D eigenvalue weighted by Gasteiger charge is 2.20. The molecule has 0 unspecified atom stereocenters. The van der Waals surface area contributed by atoms with Gasteiger partial charge in [0.15, 0.2) is 5.76 Å². The minimum Gasteiger partial charge on any atom is -0.463 e. The molecule has 0 saturated carbocycles. The fourth-order valence-corrected chi connectivity index (χ4v) is 3.75. The number of carbonyl (C=O) groups is 1. The van der Waals surface area contributed by atoms with E-state index in [4.69, 9.17) is 8.94 Å². The van der Waals surface area contributed by atoms with E-state index in [1.54, 1.807) is 48.9 Å². The minimum absolute atomic E-state index is 0.284. The molecule has 8 heteroatoms. The van der Waals surface area contributed by atoms with E-state index in [2.05, 4.69) is 20.4 Å². The van der Waals surface area contributed by atoms with Crippen molar-refractivity contribution in [1.82, 2.24) is 15.1 Å². The summed E-state index contributed by atoms with van der Waals surface area (Å²) in [6, 6.07) is 12.8. The lowest BCUT2D eigenvalue weighted by Gasteiger charge is -2.08. The molecular weight excluding hydrogens is 388 g/mol. The van der Waals surface area contributed by atoms with Gasteiger partial charge >= 0.3 is 0 Å². The van der Waals surface area contributed by atoms with E-state index in [0.717, 1.165) is 10.6 Å². The first-order valence-corrected chi connectivity index (χ1v) is 9.69. The van der Waals surface area contributed by atoms with Crippen LogP contribution in [0.15, 0.2) is 69.2 Å². The van der Waals surface area contributed by atoms with Crippen LogP contribution in [0.25, 0.3) is 33.1 Å². The van der Waals surface area contributed by atoms with Crippen LogP contribution in [0.1, 0.15) is 16.1 Å². The number of benzene rings is 1. The van der Waals surface area contributed by atoms with E-state index >= 15 is 0 Å². The van der Waals surface area contributed by atoms with E-state index in [9.17, 15) is 4.79 Å². The van der Waals surface area contributed by atoms with Crippen molar-refractivity contribution in [2.45, 2.75) is 6.92 Å². The maximum Gasteiger partial charge on any atom is 0.259 e. The summed E-state index contributed by atoms with van der Waals surface area (Å²) in [5, 5.41) is 10.3. The monoisotopic (exact) mass is 402 g/mol. The Kier molecular flexibility index (Phi) is 4.18. The highest BCUT2D eigenvalue weighted by Crippen LogP contribution is 2.29. The van der Waals surface area contributed by atoms with Crippen LogP contribution in [-0.4, -0.2) is 21.0 Å². The Morgan fingerprint density at radius 2 is 2.10 bits per heavy atom. The maximum absolute atomic E-state index is 13.1. The molecule has 142 valence electrons. The zero-order valence-corrected chi connectivity index (χ0v) is 16.1. The van der Waals surface area contributed by atoms with Crippen LogP contribution in [0.5, 0.6) is 0 Å². The van der Waals surface area contributed by atoms with Crippen molar-refractivity contribution < 1.29 is 13.7 Å². The van der Waals surface area contributed by atoms with Gasteiger partial charge in [-0.2, -0.15) is 0 Å². The van der Waals surface area contributed by atoms with Crippen molar-refractivity contribution >= 4 is 34.0 Å². The highest BCUT2D eigenvalue weighted by molar-refractivity contribution is 7.13. The van der Waals surface area contributed by atoms with Gasteiger partial charge < -0.3 is 14.3 Å². The Morgan fingerprint density at radius 1 is 1.17 bits per heavy atom. The molecular formula is C21H14N4O3S. The number of nitrogens with one attached hydrogen (secondary N) is 1. The van der Waals surface area contributed by atoms with Crippen LogP contribution < -0.4 is 5.32 Å². The van der Waals surface area contributed by atoms with Gasteiger partial charge in [0.25, 0.3) is 11.6 Å². The van der Waals surface area contributed by atoms with Crippen molar-refractivity contribution in [1.29, 1.82) is 0 Å². The van der Waals surface area contributed by atoms with Crippen LogP contribution in [0.4, 0.5) is 5.69 Å². The molecule has 0 aliphatic carbocycles. The zero-order valence-electron chi connectivity index (χ0n) is 15.2. The quantitative estimate of drug-likeness (QED) is 0.446. The fourth-order valence-electron chi connectivity index (χ4n) is 3.12. The average molecular weight is 402 g/mol. The second kappa shape index (κ2) is 6.99. The highest BCUT2D eigenvalue weighted by atomic mass is 32.1. The van der Waals surface area contributed by atoms with Gasteiger partial charge in [0.05, 0.1) is 22.9 Å². The Labute approximate surface area is 169 Å². The van der Waals surface area contributed by atoms with E-state index in [0.29, 0.717) is 33.8 Å². The molecule has 5 rings (SSSR count). The van der Waals surface area contributed by atoms with Crippen molar-refractivity contribution in [2.24, 2.45) is 0 Å². The van der Waals surface area contributed by atoms with Crippen LogP contribution in [0.2, 0.25) is 0 Å². The molecule has 4 heterocycles. The van der Waals surface area contributed by atoms with Crippen molar-refractivity contribution in [3.05, 3.63) is 71.6 Å². The Balaban J connectivity index is 1.54. The number of pyridine rings is 1. The first-order chi connectivity index (χ1) is 14.2. The summed E-state index contributed by atoms with van der Waals surface area (Å²) in [7, 11) is 0. The standard InChI is InChI=1S/C21H14N4O3S/c1-12-18-15(11-16(17-6-3-8-27-17)24-20(18)28-25-12)19(26)23-14-5-2-4-13(10-14)21-22-7-9-29-21/h2-11H,1H3,(H,23,26). The van der Waals surface area contributed by atoms with Gasteiger partial charge in [-0.1, -0.05) is 17.3 Å². The molecule has 0 bridgehead atoms. The molecule has 7 nitrogen and oxygen atoms in total. The summed E-state index contributed by atoms with van der Waals surface area (Å²) in [6.45, 7) is 1.78. The van der Waals surface area contributed by atoms with E-state index in [1.807, 2.05) is 29.6 Å². The molecule has 0 atom stereocenters. The number of thiazole rings is 1. The van der Waals surface area contributed by atoms with Crippen molar-refractivity contribution in [3.63, 3.8) is 0 Å². The first-order valence-electron chi connectivity index (χ1n) is 8.81. The largest absolute Gasteiger partial charge is 0.463 e. The van der Waals surface area contributed by atoms with Gasteiger partial charge in [0, 0.05) is 22.8 Å². The normalized spacial score (nSPS) is 11.1. The number of fused-ring (bicyclic) bond motifs is 1. The fraction of sp³-hybridized carbons (Fsp3) is 0.0476. The molecule has 0 spiro atoms. The summed E-state index contributed by atoms with van der Waals surface area (Å²) in [6.07, 6.45) is 3.31. The number of hydrogen-bond acceptors (Lipinski definition) is 7. The molecule has 0 fully saturated rings. The third-order valence-corrected chi connectivity index (χ3v) is 5.26. The topological polar surface area (TPSA) is 94.0 Å². The number of aromatic nitrogens is 3. The van der Waals surface area contributed by atoms with Crippen LogP contribution in [-0.2, 0) is 0 Å². The van der Waals surface area contributed by atoms with E-state index in [1.165, 1.54) is 0 Å². The van der Waals surface area contributed by atoms with E-state index < -0.39 is 0 Å². The lowest BCUT2D eigenvalue weighted by Crippen LogP contribution is -2.13. The summed E-state index contributed by atoms with van der Waals surface area (Å²) in [5.41, 5.74) is 3.41. The van der Waals surface area contributed by atoms with Gasteiger partial charge in [-0.25, -0.2) is 9.97 Å². The lowest BCUT2D eigenvalue weighted by molar-refractivity contribution is 0.102. The van der Waals surface area contributed by atoms with Crippen LogP contribution in [0.3, 0.4) is 0 Å². The predicted molar refractivity (Wildman–Crippen MR) is 110 cm³/mol. The summed E-state index contributed by atoms with van der Waals surface area (Å²) in [5.74, 6) is 0.258. The van der Waals surface area contributed by atoms with Gasteiger partial charge in [0.2, 0.25) is 0 Å². The smallest absolute Gasteiger partial charge is 0.259 e. The van der Waals surface area contributed by atoms with Gasteiger partial charge in [-0.3, -0.25) is 4.79 Å². The Morgan fingerprint density at radius 3 is 2.90 bits per heavy atom. The molecule has 1 aromatic carbocycles. The third kappa shape index (κ3) is 3.19. The second-order valence-corrected chi connectivity index (χ2v) is 7.25. The summed E-state index contributed by atoms with van der Waals surface area (Å²) >= 11 is 1.54. The zero-order chi connectivity index (χ0) is 19.8. The number of nitrogens with zero attached hydrogens (tertiary/aromatic N) is 3. The van der Waals surface area contributed by atoms with Gasteiger partial charge in [0.1, 0.15) is 10.7 Å². The molecule has 1 amide bonds. The molecule has 0 saturated heterocycles. The molecule has 0 aliphatic heterocycles. The number of hydrogen-bond donors (Lipinski definition) is 1. The molecule has 5 aromatic rings.